The minimum absolute atomic E-state index is 0.0147. The minimum atomic E-state index is -0.587. The van der Waals surface area contributed by atoms with E-state index in [-0.39, 0.29) is 16.5 Å². The van der Waals surface area contributed by atoms with Gasteiger partial charge in [0.2, 0.25) is 0 Å². The number of nitrogens with zero attached hydrogens (tertiary/aromatic N) is 4. The van der Waals surface area contributed by atoms with E-state index in [1.807, 2.05) is 6.07 Å². The second kappa shape index (κ2) is 5.53. The molecular formula is C18H13FN4O. The molecule has 1 fully saturated rings. The van der Waals surface area contributed by atoms with Gasteiger partial charge in [-0.25, -0.2) is 9.37 Å². The quantitative estimate of drug-likeness (QED) is 0.744. The SMILES string of the molecule is N#Cc1ccc(F)c2nc(CC3CC3)n(-c3cccnc3)c(=O)c12. The highest BCUT2D eigenvalue weighted by Gasteiger charge is 2.26. The summed E-state index contributed by atoms with van der Waals surface area (Å²) < 4.78 is 15.7. The van der Waals surface area contributed by atoms with Crippen LogP contribution in [0.3, 0.4) is 0 Å². The van der Waals surface area contributed by atoms with E-state index in [9.17, 15) is 14.4 Å². The van der Waals surface area contributed by atoms with Gasteiger partial charge in [0.1, 0.15) is 23.2 Å². The molecule has 0 spiro atoms. The van der Waals surface area contributed by atoms with Crippen LogP contribution < -0.4 is 5.56 Å². The Labute approximate surface area is 137 Å². The number of fused-ring (bicyclic) bond motifs is 1. The molecule has 24 heavy (non-hydrogen) atoms. The number of rotatable bonds is 3. The maximum absolute atomic E-state index is 14.2. The Morgan fingerprint density at radius 2 is 2.17 bits per heavy atom. The second-order valence-electron chi connectivity index (χ2n) is 5.96. The maximum Gasteiger partial charge on any atom is 0.267 e. The van der Waals surface area contributed by atoms with Gasteiger partial charge in [0, 0.05) is 12.6 Å². The molecule has 0 saturated heterocycles. The molecule has 0 bridgehead atoms. The molecule has 0 radical (unpaired) electrons. The molecule has 0 amide bonds. The molecule has 5 nitrogen and oxygen atoms in total. The molecule has 0 unspecified atom stereocenters. The summed E-state index contributed by atoms with van der Waals surface area (Å²) in [5.41, 5.74) is 0.231. The van der Waals surface area contributed by atoms with Crippen LogP contribution in [0.2, 0.25) is 0 Å². The lowest BCUT2D eigenvalue weighted by Gasteiger charge is -2.14. The van der Waals surface area contributed by atoms with Gasteiger partial charge >= 0.3 is 0 Å². The Balaban J connectivity index is 2.10. The summed E-state index contributed by atoms with van der Waals surface area (Å²) in [4.78, 5) is 21.5. The fourth-order valence-corrected chi connectivity index (χ4v) is 2.86. The van der Waals surface area contributed by atoms with Crippen molar-refractivity contribution in [1.82, 2.24) is 14.5 Å². The van der Waals surface area contributed by atoms with E-state index in [4.69, 9.17) is 0 Å². The molecule has 0 atom stereocenters. The van der Waals surface area contributed by atoms with Gasteiger partial charge in [-0.1, -0.05) is 0 Å². The fourth-order valence-electron chi connectivity index (χ4n) is 2.86. The van der Waals surface area contributed by atoms with Gasteiger partial charge in [-0.05, 0) is 43.0 Å². The fraction of sp³-hybridized carbons (Fsp3) is 0.222. The van der Waals surface area contributed by atoms with Crippen molar-refractivity contribution in [3.05, 3.63) is 64.2 Å². The third kappa shape index (κ3) is 2.35. The van der Waals surface area contributed by atoms with Crippen LogP contribution in [0, 0.1) is 23.1 Å². The molecule has 3 aromatic rings. The first-order chi connectivity index (χ1) is 11.7. The van der Waals surface area contributed by atoms with Crippen molar-refractivity contribution < 1.29 is 4.39 Å². The van der Waals surface area contributed by atoms with E-state index in [0.29, 0.717) is 23.9 Å². The predicted octanol–water partition coefficient (Wildman–Crippen LogP) is 2.74. The molecule has 0 N–H and O–H groups in total. The van der Waals surface area contributed by atoms with Gasteiger partial charge in [0.15, 0.2) is 0 Å². The van der Waals surface area contributed by atoms with Crippen molar-refractivity contribution in [3.8, 4) is 11.8 Å². The summed E-state index contributed by atoms with van der Waals surface area (Å²) in [6.07, 6.45) is 5.96. The maximum atomic E-state index is 14.2. The summed E-state index contributed by atoms with van der Waals surface area (Å²) in [6, 6.07) is 7.93. The highest BCUT2D eigenvalue weighted by molar-refractivity contribution is 5.84. The largest absolute Gasteiger partial charge is 0.268 e. The number of nitriles is 1. The smallest absolute Gasteiger partial charge is 0.267 e. The Morgan fingerprint density at radius 1 is 1.33 bits per heavy atom. The Kier molecular flexibility index (Phi) is 3.35. The average molecular weight is 320 g/mol. The molecule has 1 aromatic carbocycles. The standard InChI is InChI=1S/C18H13FN4O/c19-14-6-5-12(9-20)16-17(14)22-15(8-11-3-4-11)23(18(16)24)13-2-1-7-21-10-13/h1-2,5-7,10-11H,3-4,8H2. The van der Waals surface area contributed by atoms with Crippen LogP contribution in [-0.4, -0.2) is 14.5 Å². The molecule has 1 saturated carbocycles. The van der Waals surface area contributed by atoms with Gasteiger partial charge in [-0.3, -0.25) is 14.3 Å². The third-order valence-corrected chi connectivity index (χ3v) is 4.24. The second-order valence-corrected chi connectivity index (χ2v) is 5.96. The summed E-state index contributed by atoms with van der Waals surface area (Å²) in [7, 11) is 0. The van der Waals surface area contributed by atoms with Crippen molar-refractivity contribution in [2.75, 3.05) is 0 Å². The minimum Gasteiger partial charge on any atom is -0.268 e. The van der Waals surface area contributed by atoms with Crippen LogP contribution in [0.25, 0.3) is 16.6 Å². The first-order valence-electron chi connectivity index (χ1n) is 7.73. The van der Waals surface area contributed by atoms with E-state index >= 15 is 0 Å². The number of aromatic nitrogens is 3. The van der Waals surface area contributed by atoms with Crippen LogP contribution in [0.15, 0.2) is 41.5 Å². The summed E-state index contributed by atoms with van der Waals surface area (Å²) in [5, 5.41) is 9.29. The lowest BCUT2D eigenvalue weighted by atomic mass is 10.1. The van der Waals surface area contributed by atoms with Crippen molar-refractivity contribution >= 4 is 10.9 Å². The number of halogens is 1. The van der Waals surface area contributed by atoms with Crippen molar-refractivity contribution in [1.29, 1.82) is 5.26 Å². The summed E-state index contributed by atoms with van der Waals surface area (Å²) in [6.45, 7) is 0. The predicted molar refractivity (Wildman–Crippen MR) is 86.2 cm³/mol. The molecular weight excluding hydrogens is 307 g/mol. The van der Waals surface area contributed by atoms with E-state index in [0.717, 1.165) is 12.8 Å². The van der Waals surface area contributed by atoms with Crippen LogP contribution >= 0.6 is 0 Å². The zero-order chi connectivity index (χ0) is 16.7. The molecule has 2 heterocycles. The summed E-state index contributed by atoms with van der Waals surface area (Å²) in [5.74, 6) is 0.396. The number of benzene rings is 1. The van der Waals surface area contributed by atoms with Crippen LogP contribution in [0.1, 0.15) is 24.2 Å². The molecule has 0 aliphatic heterocycles. The lowest BCUT2D eigenvalue weighted by Crippen LogP contribution is -2.25. The van der Waals surface area contributed by atoms with Crippen molar-refractivity contribution in [2.24, 2.45) is 5.92 Å². The van der Waals surface area contributed by atoms with E-state index in [1.165, 1.54) is 16.7 Å². The van der Waals surface area contributed by atoms with E-state index in [1.54, 1.807) is 24.5 Å². The third-order valence-electron chi connectivity index (χ3n) is 4.24. The van der Waals surface area contributed by atoms with Gasteiger partial charge in [-0.2, -0.15) is 5.26 Å². The number of pyridine rings is 1. The number of hydrogen-bond acceptors (Lipinski definition) is 4. The molecule has 1 aliphatic rings. The monoisotopic (exact) mass is 320 g/mol. The van der Waals surface area contributed by atoms with Crippen molar-refractivity contribution in [3.63, 3.8) is 0 Å². The normalized spacial score (nSPS) is 13.8. The van der Waals surface area contributed by atoms with E-state index < -0.39 is 11.4 Å². The van der Waals surface area contributed by atoms with Gasteiger partial charge in [-0.15, -0.1) is 0 Å². The van der Waals surface area contributed by atoms with Crippen LogP contribution in [0.5, 0.6) is 0 Å². The lowest BCUT2D eigenvalue weighted by molar-refractivity contribution is 0.632. The average Bonchev–Trinajstić information content (AvgIpc) is 3.41. The zero-order valence-electron chi connectivity index (χ0n) is 12.7. The Bertz CT molecular complexity index is 1030. The Hall–Kier alpha value is -3.07. The molecule has 4 rings (SSSR count). The van der Waals surface area contributed by atoms with E-state index in [2.05, 4.69) is 9.97 Å². The van der Waals surface area contributed by atoms with Crippen LogP contribution in [-0.2, 0) is 6.42 Å². The van der Waals surface area contributed by atoms with Gasteiger partial charge in [0.25, 0.3) is 5.56 Å². The first-order valence-corrected chi connectivity index (χ1v) is 7.73. The van der Waals surface area contributed by atoms with Crippen LogP contribution in [0.4, 0.5) is 4.39 Å². The number of hydrogen-bond donors (Lipinski definition) is 0. The first kappa shape index (κ1) is 14.5. The Morgan fingerprint density at radius 3 is 2.83 bits per heavy atom. The highest BCUT2D eigenvalue weighted by Crippen LogP contribution is 2.32. The highest BCUT2D eigenvalue weighted by atomic mass is 19.1. The zero-order valence-corrected chi connectivity index (χ0v) is 12.7. The topological polar surface area (TPSA) is 71.6 Å². The molecule has 6 heteroatoms. The molecule has 2 aromatic heterocycles. The van der Waals surface area contributed by atoms with Crippen molar-refractivity contribution in [2.45, 2.75) is 19.3 Å². The van der Waals surface area contributed by atoms with Gasteiger partial charge in [0.05, 0.1) is 22.8 Å². The molecule has 1 aliphatic carbocycles. The summed E-state index contributed by atoms with van der Waals surface area (Å²) >= 11 is 0. The van der Waals surface area contributed by atoms with Gasteiger partial charge < -0.3 is 0 Å². The molecule has 118 valence electrons.